The van der Waals surface area contributed by atoms with Crippen LogP contribution in [0.15, 0.2) is 30.7 Å². The van der Waals surface area contributed by atoms with E-state index < -0.39 is 5.60 Å². The van der Waals surface area contributed by atoms with Gasteiger partial charge >= 0.3 is 0 Å². The largest absolute Gasteiger partial charge is 0.403 e. The highest BCUT2D eigenvalue weighted by atomic mass is 35.5. The molecule has 0 bridgehead atoms. The van der Waals surface area contributed by atoms with E-state index in [0.29, 0.717) is 5.15 Å². The maximum absolute atomic E-state index is 10.3. The fourth-order valence-corrected chi connectivity index (χ4v) is 2.03. The van der Waals surface area contributed by atoms with Gasteiger partial charge in [-0.3, -0.25) is 0 Å². The molecule has 2 heterocycles. The number of hydrogen-bond donors (Lipinski definition) is 4. The van der Waals surface area contributed by atoms with Crippen molar-refractivity contribution < 1.29 is 5.11 Å². The van der Waals surface area contributed by atoms with Gasteiger partial charge in [-0.05, 0) is 32.0 Å². The molecule has 0 saturated carbocycles. The van der Waals surface area contributed by atoms with Gasteiger partial charge in [0.15, 0.2) is 0 Å². The quantitative estimate of drug-likeness (QED) is 0.361. The highest BCUT2D eigenvalue weighted by Gasteiger charge is 2.31. The monoisotopic (exact) mass is 299 g/mol. The summed E-state index contributed by atoms with van der Waals surface area (Å²) in [5.41, 5.74) is 5.07. The van der Waals surface area contributed by atoms with Crippen molar-refractivity contribution in [2.24, 2.45) is 11.6 Å². The van der Waals surface area contributed by atoms with Crippen LogP contribution in [0, 0.1) is 0 Å². The van der Waals surface area contributed by atoms with Crippen LogP contribution >= 0.6 is 11.6 Å². The number of aromatic nitrogens is 1. The Morgan fingerprint density at radius 1 is 1.45 bits per heavy atom. The zero-order valence-electron chi connectivity index (χ0n) is 11.6. The lowest BCUT2D eigenvalue weighted by Gasteiger charge is -2.32. The predicted octanol–water partition coefficient (Wildman–Crippen LogP) is 0.528. The first kappa shape index (κ1) is 16.7. The van der Waals surface area contributed by atoms with E-state index in [4.69, 9.17) is 23.2 Å². The van der Waals surface area contributed by atoms with E-state index in [9.17, 15) is 5.11 Å². The van der Waals surface area contributed by atoms with Crippen LogP contribution in [-0.2, 0) is 5.60 Å². The van der Waals surface area contributed by atoms with Gasteiger partial charge in [0.05, 0.1) is 5.60 Å². The summed E-state index contributed by atoms with van der Waals surface area (Å²) in [5.74, 6) is 5.07. The molecule has 1 aliphatic rings. The third kappa shape index (κ3) is 5.34. The number of nitrogens with two attached hydrogens (primary N) is 2. The number of nitrogens with zero attached hydrogens (tertiary/aromatic N) is 2. The summed E-state index contributed by atoms with van der Waals surface area (Å²) >= 11 is 5.69. The highest BCUT2D eigenvalue weighted by molar-refractivity contribution is 6.29. The first-order valence-electron chi connectivity index (χ1n) is 6.39. The van der Waals surface area contributed by atoms with Gasteiger partial charge in [-0.2, -0.15) is 0 Å². The number of hydrazine groups is 1. The Hall–Kier alpha value is -1.34. The Kier molecular flexibility index (Phi) is 6.74. The van der Waals surface area contributed by atoms with Crippen LogP contribution in [0.3, 0.4) is 0 Å². The molecule has 0 radical (unpaired) electrons. The van der Waals surface area contributed by atoms with E-state index in [1.54, 1.807) is 25.5 Å². The van der Waals surface area contributed by atoms with Gasteiger partial charge in [-0.25, -0.2) is 10.8 Å². The zero-order valence-corrected chi connectivity index (χ0v) is 12.3. The van der Waals surface area contributed by atoms with Gasteiger partial charge in [0.25, 0.3) is 0 Å². The minimum Gasteiger partial charge on any atom is -0.403 e. The Balaban J connectivity index is 0.000000286. The summed E-state index contributed by atoms with van der Waals surface area (Å²) in [7, 11) is 1.70. The molecule has 0 aromatic carbocycles. The fraction of sp³-hybridized carbons (Fsp3) is 0.462. The molecule has 7 heteroatoms. The molecule has 0 atom stereocenters. The molecule has 1 saturated heterocycles. The summed E-state index contributed by atoms with van der Waals surface area (Å²) in [6, 6.07) is 3.57. The highest BCUT2D eigenvalue weighted by Crippen LogP contribution is 2.30. The van der Waals surface area contributed by atoms with E-state index in [1.165, 1.54) is 11.2 Å². The van der Waals surface area contributed by atoms with Crippen LogP contribution in [0.4, 0.5) is 0 Å². The van der Waals surface area contributed by atoms with E-state index >= 15 is 0 Å². The zero-order chi connectivity index (χ0) is 15.0. The van der Waals surface area contributed by atoms with E-state index in [0.717, 1.165) is 31.5 Å². The van der Waals surface area contributed by atoms with Crippen molar-refractivity contribution in [3.8, 4) is 0 Å². The van der Waals surface area contributed by atoms with Gasteiger partial charge in [0.2, 0.25) is 0 Å². The summed E-state index contributed by atoms with van der Waals surface area (Å²) < 4.78 is 0. The lowest BCUT2D eigenvalue weighted by Crippen LogP contribution is -2.39. The Morgan fingerprint density at radius 2 is 2.10 bits per heavy atom. The van der Waals surface area contributed by atoms with Crippen molar-refractivity contribution in [1.29, 1.82) is 0 Å². The molecule has 0 unspecified atom stereocenters. The average Bonchev–Trinajstić information content (AvgIpc) is 2.40. The Bertz CT molecular complexity index is 415. The third-order valence-corrected chi connectivity index (χ3v) is 3.24. The Labute approximate surface area is 124 Å². The minimum absolute atomic E-state index is 0.464. The second-order valence-corrected chi connectivity index (χ2v) is 5.05. The van der Waals surface area contributed by atoms with Crippen LogP contribution in [0.5, 0.6) is 0 Å². The van der Waals surface area contributed by atoms with Crippen LogP contribution in [0.25, 0.3) is 0 Å². The predicted molar refractivity (Wildman–Crippen MR) is 80.5 cm³/mol. The van der Waals surface area contributed by atoms with Gasteiger partial charge in [0, 0.05) is 31.2 Å². The molecule has 112 valence electrons. The number of aliphatic hydroxyl groups is 1. The van der Waals surface area contributed by atoms with Crippen LogP contribution in [0.1, 0.15) is 18.4 Å². The molecule has 2 rings (SSSR count). The van der Waals surface area contributed by atoms with Crippen LogP contribution in [0.2, 0.25) is 5.15 Å². The summed E-state index contributed by atoms with van der Waals surface area (Å²) in [6.07, 6.45) is 6.06. The number of halogens is 1. The molecule has 1 aliphatic heterocycles. The lowest BCUT2D eigenvalue weighted by atomic mass is 9.86. The summed E-state index contributed by atoms with van der Waals surface area (Å²) in [4.78, 5) is 3.98. The Morgan fingerprint density at radius 3 is 2.50 bits per heavy atom. The lowest BCUT2D eigenvalue weighted by molar-refractivity contribution is 0.00564. The SMILES string of the molecule is CN(N)/C=C\N.OC1(c2ccc(Cl)nc2)CCNCC1. The van der Waals surface area contributed by atoms with Crippen molar-refractivity contribution in [3.05, 3.63) is 41.4 Å². The smallest absolute Gasteiger partial charge is 0.129 e. The number of pyridine rings is 1. The molecule has 1 aromatic heterocycles. The molecular weight excluding hydrogens is 278 g/mol. The van der Waals surface area contributed by atoms with E-state index in [-0.39, 0.29) is 0 Å². The molecule has 0 spiro atoms. The summed E-state index contributed by atoms with van der Waals surface area (Å²) in [5, 5.41) is 15.4. The molecule has 1 aromatic rings. The second kappa shape index (κ2) is 8.06. The van der Waals surface area contributed by atoms with Crippen molar-refractivity contribution in [3.63, 3.8) is 0 Å². The van der Waals surface area contributed by atoms with E-state index in [1.807, 2.05) is 6.07 Å². The molecule has 20 heavy (non-hydrogen) atoms. The van der Waals surface area contributed by atoms with Crippen LogP contribution in [-0.4, -0.2) is 35.2 Å². The number of hydrogen-bond acceptors (Lipinski definition) is 6. The van der Waals surface area contributed by atoms with Crippen molar-refractivity contribution in [1.82, 2.24) is 15.3 Å². The molecule has 0 amide bonds. The van der Waals surface area contributed by atoms with Crippen molar-refractivity contribution in [2.75, 3.05) is 20.1 Å². The molecule has 6 N–H and O–H groups in total. The van der Waals surface area contributed by atoms with E-state index in [2.05, 4.69) is 10.3 Å². The topological polar surface area (TPSA) is 100 Å². The van der Waals surface area contributed by atoms with Gasteiger partial charge in [-0.1, -0.05) is 17.7 Å². The number of nitrogens with one attached hydrogen (secondary N) is 1. The molecule has 1 fully saturated rings. The van der Waals surface area contributed by atoms with Crippen molar-refractivity contribution >= 4 is 11.6 Å². The minimum atomic E-state index is -0.719. The number of piperidine rings is 1. The molecule has 6 nitrogen and oxygen atoms in total. The molecule has 0 aliphatic carbocycles. The van der Waals surface area contributed by atoms with Crippen LogP contribution < -0.4 is 16.9 Å². The van der Waals surface area contributed by atoms with Gasteiger partial charge in [0.1, 0.15) is 5.15 Å². The third-order valence-electron chi connectivity index (χ3n) is 3.02. The average molecular weight is 300 g/mol. The fourth-order valence-electron chi connectivity index (χ4n) is 1.92. The van der Waals surface area contributed by atoms with Gasteiger partial charge < -0.3 is 21.2 Å². The number of rotatable bonds is 2. The second-order valence-electron chi connectivity index (χ2n) is 4.66. The normalized spacial score (nSPS) is 17.4. The standard InChI is InChI=1S/C10H13ClN2O.C3H9N3/c11-9-2-1-8(7-13-9)10(14)3-5-12-6-4-10;1-6(5)3-2-4/h1-2,7,12,14H,3-6H2;2-3H,4-5H2,1H3/b;3-2-. The van der Waals surface area contributed by atoms with Crippen molar-refractivity contribution in [2.45, 2.75) is 18.4 Å². The maximum atomic E-state index is 10.3. The maximum Gasteiger partial charge on any atom is 0.129 e. The summed E-state index contributed by atoms with van der Waals surface area (Å²) in [6.45, 7) is 1.69. The van der Waals surface area contributed by atoms with Gasteiger partial charge in [-0.15, -0.1) is 0 Å². The first-order chi connectivity index (χ1) is 9.48. The first-order valence-corrected chi connectivity index (χ1v) is 6.77. The molecular formula is C13H22ClN5O.